The summed E-state index contributed by atoms with van der Waals surface area (Å²) >= 11 is 0. The Bertz CT molecular complexity index is 342. The summed E-state index contributed by atoms with van der Waals surface area (Å²) in [6.07, 6.45) is 7.62. The van der Waals surface area contributed by atoms with Crippen molar-refractivity contribution in [2.75, 3.05) is 6.61 Å². The molecule has 1 rings (SSSR count). The van der Waals surface area contributed by atoms with Gasteiger partial charge in [-0.15, -0.1) is 12.3 Å². The van der Waals surface area contributed by atoms with E-state index in [2.05, 4.69) is 5.92 Å². The quantitative estimate of drug-likeness (QED) is 0.591. The number of ether oxygens (including phenoxy) is 1. The molecule has 3 heteroatoms. The molecule has 1 unspecified atom stereocenters. The van der Waals surface area contributed by atoms with Crippen molar-refractivity contribution in [3.05, 3.63) is 30.1 Å². The minimum atomic E-state index is -0.273. The van der Waals surface area contributed by atoms with Crippen LogP contribution in [0.25, 0.3) is 0 Å². The van der Waals surface area contributed by atoms with Crippen LogP contribution in [0.5, 0.6) is 5.75 Å². The third kappa shape index (κ3) is 4.81. The maximum atomic E-state index is 12.6. The van der Waals surface area contributed by atoms with Crippen molar-refractivity contribution in [3.8, 4) is 18.1 Å². The van der Waals surface area contributed by atoms with E-state index < -0.39 is 0 Å². The van der Waals surface area contributed by atoms with Gasteiger partial charge in [-0.25, -0.2) is 4.39 Å². The summed E-state index contributed by atoms with van der Waals surface area (Å²) in [5.74, 6) is 2.93. The summed E-state index contributed by atoms with van der Waals surface area (Å²) in [6, 6.07) is 5.86. The van der Waals surface area contributed by atoms with E-state index in [1.54, 1.807) is 12.1 Å². The van der Waals surface area contributed by atoms with Crippen molar-refractivity contribution in [3.63, 3.8) is 0 Å². The molecule has 1 atom stereocenters. The summed E-state index contributed by atoms with van der Waals surface area (Å²) in [6.45, 7) is 0.427. The Hall–Kier alpha value is -1.53. The van der Waals surface area contributed by atoms with E-state index in [0.717, 1.165) is 19.3 Å². The van der Waals surface area contributed by atoms with Crippen LogP contribution in [0.3, 0.4) is 0 Å². The second kappa shape index (κ2) is 6.86. The summed E-state index contributed by atoms with van der Waals surface area (Å²) in [5.41, 5.74) is 5.82. The summed E-state index contributed by atoms with van der Waals surface area (Å²) in [5, 5.41) is 0. The third-order valence-corrected chi connectivity index (χ3v) is 2.17. The molecular weight excluding hydrogens is 205 g/mol. The van der Waals surface area contributed by atoms with Gasteiger partial charge < -0.3 is 10.5 Å². The zero-order valence-corrected chi connectivity index (χ0v) is 9.16. The first-order valence-corrected chi connectivity index (χ1v) is 5.30. The fraction of sp³-hybridized carbons (Fsp3) is 0.385. The zero-order chi connectivity index (χ0) is 11.8. The monoisotopic (exact) mass is 221 g/mol. The lowest BCUT2D eigenvalue weighted by molar-refractivity contribution is 0.280. The van der Waals surface area contributed by atoms with Gasteiger partial charge >= 0.3 is 0 Å². The van der Waals surface area contributed by atoms with Gasteiger partial charge in [-0.2, -0.15) is 0 Å². The molecule has 0 fully saturated rings. The molecule has 16 heavy (non-hydrogen) atoms. The molecule has 0 spiro atoms. The van der Waals surface area contributed by atoms with Crippen LogP contribution in [0, 0.1) is 18.2 Å². The number of benzene rings is 1. The Morgan fingerprint density at radius 3 is 2.69 bits per heavy atom. The molecule has 0 bridgehead atoms. The highest BCUT2D eigenvalue weighted by molar-refractivity contribution is 5.22. The fourth-order valence-electron chi connectivity index (χ4n) is 1.28. The maximum absolute atomic E-state index is 12.6. The smallest absolute Gasteiger partial charge is 0.123 e. The molecule has 86 valence electrons. The van der Waals surface area contributed by atoms with Crippen molar-refractivity contribution in [2.45, 2.75) is 25.3 Å². The van der Waals surface area contributed by atoms with Crippen LogP contribution in [0.2, 0.25) is 0 Å². The molecule has 2 N–H and O–H groups in total. The first kappa shape index (κ1) is 12.5. The first-order valence-electron chi connectivity index (χ1n) is 5.30. The minimum absolute atomic E-state index is 0.0293. The number of hydrogen-bond acceptors (Lipinski definition) is 2. The van der Waals surface area contributed by atoms with Gasteiger partial charge in [0.2, 0.25) is 0 Å². The van der Waals surface area contributed by atoms with Gasteiger partial charge in [0.1, 0.15) is 18.2 Å². The van der Waals surface area contributed by atoms with Crippen LogP contribution < -0.4 is 10.5 Å². The van der Waals surface area contributed by atoms with E-state index in [1.807, 2.05) is 0 Å². The molecule has 0 aromatic heterocycles. The van der Waals surface area contributed by atoms with E-state index >= 15 is 0 Å². The average molecular weight is 221 g/mol. The van der Waals surface area contributed by atoms with E-state index in [1.165, 1.54) is 12.1 Å². The molecule has 0 heterocycles. The Kier molecular flexibility index (Phi) is 5.38. The summed E-state index contributed by atoms with van der Waals surface area (Å²) < 4.78 is 18.0. The van der Waals surface area contributed by atoms with Gasteiger partial charge in [0.15, 0.2) is 0 Å². The number of rotatable bonds is 6. The highest BCUT2D eigenvalue weighted by Gasteiger charge is 2.03. The number of halogens is 1. The van der Waals surface area contributed by atoms with Crippen molar-refractivity contribution >= 4 is 0 Å². The van der Waals surface area contributed by atoms with E-state index in [0.29, 0.717) is 12.4 Å². The molecule has 0 saturated carbocycles. The zero-order valence-electron chi connectivity index (χ0n) is 9.16. The maximum Gasteiger partial charge on any atom is 0.123 e. The largest absolute Gasteiger partial charge is 0.492 e. The van der Waals surface area contributed by atoms with Crippen LogP contribution in [-0.4, -0.2) is 12.6 Å². The van der Waals surface area contributed by atoms with Gasteiger partial charge in [-0.1, -0.05) is 0 Å². The van der Waals surface area contributed by atoms with Crippen molar-refractivity contribution in [1.29, 1.82) is 0 Å². The van der Waals surface area contributed by atoms with Crippen molar-refractivity contribution in [1.82, 2.24) is 0 Å². The van der Waals surface area contributed by atoms with Crippen LogP contribution in [0.15, 0.2) is 24.3 Å². The number of nitrogens with two attached hydrogens (primary N) is 1. The molecule has 0 aliphatic heterocycles. The van der Waals surface area contributed by atoms with Gasteiger partial charge in [0, 0.05) is 12.5 Å². The fourth-order valence-corrected chi connectivity index (χ4v) is 1.28. The van der Waals surface area contributed by atoms with Gasteiger partial charge in [0.05, 0.1) is 0 Å². The third-order valence-electron chi connectivity index (χ3n) is 2.17. The van der Waals surface area contributed by atoms with Crippen molar-refractivity contribution in [2.24, 2.45) is 5.73 Å². The molecule has 1 aromatic rings. The predicted octanol–water partition coefficient (Wildman–Crippen LogP) is 2.34. The molecule has 1 aromatic carbocycles. The van der Waals surface area contributed by atoms with Crippen LogP contribution in [-0.2, 0) is 0 Å². The second-order valence-electron chi connectivity index (χ2n) is 3.62. The Balaban J connectivity index is 2.23. The van der Waals surface area contributed by atoms with Gasteiger partial charge in [-0.3, -0.25) is 0 Å². The average Bonchev–Trinajstić information content (AvgIpc) is 2.29. The lowest BCUT2D eigenvalue weighted by Crippen LogP contribution is -2.27. The highest BCUT2D eigenvalue weighted by atomic mass is 19.1. The number of unbranched alkanes of at least 4 members (excludes halogenated alkanes) is 1. The minimum Gasteiger partial charge on any atom is -0.492 e. The van der Waals surface area contributed by atoms with E-state index in [4.69, 9.17) is 16.9 Å². The Morgan fingerprint density at radius 1 is 1.38 bits per heavy atom. The van der Waals surface area contributed by atoms with Gasteiger partial charge in [-0.05, 0) is 37.1 Å². The van der Waals surface area contributed by atoms with Gasteiger partial charge in [0.25, 0.3) is 0 Å². The van der Waals surface area contributed by atoms with Crippen molar-refractivity contribution < 1.29 is 9.13 Å². The highest BCUT2D eigenvalue weighted by Crippen LogP contribution is 2.11. The summed E-state index contributed by atoms with van der Waals surface area (Å²) in [7, 11) is 0. The van der Waals surface area contributed by atoms with Crippen LogP contribution >= 0.6 is 0 Å². The molecule has 0 radical (unpaired) electrons. The first-order chi connectivity index (χ1) is 7.72. The lowest BCUT2D eigenvalue weighted by Gasteiger charge is -2.12. The Labute approximate surface area is 95.6 Å². The number of terminal acetylenes is 1. The molecule has 0 saturated heterocycles. The lowest BCUT2D eigenvalue weighted by atomic mass is 10.1. The van der Waals surface area contributed by atoms with E-state index in [9.17, 15) is 4.39 Å². The SMILES string of the molecule is C#CCCCC(N)COc1ccc(F)cc1. The van der Waals surface area contributed by atoms with Crippen LogP contribution in [0.4, 0.5) is 4.39 Å². The summed E-state index contributed by atoms with van der Waals surface area (Å²) in [4.78, 5) is 0. The predicted molar refractivity (Wildman–Crippen MR) is 62.6 cm³/mol. The molecule has 0 aliphatic carbocycles. The standard InChI is InChI=1S/C13H16FNO/c1-2-3-4-5-12(15)10-16-13-8-6-11(14)7-9-13/h1,6-9,12H,3-5,10,15H2. The molecular formula is C13H16FNO. The van der Waals surface area contributed by atoms with E-state index in [-0.39, 0.29) is 11.9 Å². The second-order valence-corrected chi connectivity index (χ2v) is 3.62. The molecule has 0 aliphatic rings. The number of hydrogen-bond donors (Lipinski definition) is 1. The Morgan fingerprint density at radius 2 is 2.06 bits per heavy atom. The molecule has 0 amide bonds. The normalized spacial score (nSPS) is 11.8. The topological polar surface area (TPSA) is 35.2 Å². The van der Waals surface area contributed by atoms with Crippen LogP contribution in [0.1, 0.15) is 19.3 Å². The molecule has 2 nitrogen and oxygen atoms in total.